The van der Waals surface area contributed by atoms with E-state index in [0.717, 1.165) is 12.0 Å². The lowest BCUT2D eigenvalue weighted by atomic mass is 10.1. The lowest BCUT2D eigenvalue weighted by Crippen LogP contribution is -2.43. The van der Waals surface area contributed by atoms with Gasteiger partial charge in [0.05, 0.1) is 0 Å². The molecular formula is C13H16N2O2. The van der Waals surface area contributed by atoms with Crippen LogP contribution in [0.3, 0.4) is 0 Å². The molecule has 4 heteroatoms. The van der Waals surface area contributed by atoms with E-state index < -0.39 is 11.9 Å². The molecule has 0 bridgehead atoms. The van der Waals surface area contributed by atoms with Gasteiger partial charge in [0.25, 0.3) is 5.91 Å². The molecule has 1 aromatic carbocycles. The number of hydrogen-bond acceptors (Lipinski definition) is 2. The van der Waals surface area contributed by atoms with Crippen LogP contribution in [0.4, 0.5) is 0 Å². The fraction of sp³-hybridized carbons (Fsp3) is 0.385. The van der Waals surface area contributed by atoms with Crippen molar-refractivity contribution in [1.82, 2.24) is 4.90 Å². The molecule has 4 nitrogen and oxygen atoms in total. The first-order chi connectivity index (χ1) is 8.09. The van der Waals surface area contributed by atoms with E-state index in [9.17, 15) is 9.59 Å². The molecule has 1 aliphatic rings. The quantitative estimate of drug-likeness (QED) is 0.829. The van der Waals surface area contributed by atoms with Crippen LogP contribution in [0.2, 0.25) is 0 Å². The zero-order valence-electron chi connectivity index (χ0n) is 9.85. The molecule has 0 unspecified atom stereocenters. The van der Waals surface area contributed by atoms with Crippen molar-refractivity contribution in [3.8, 4) is 0 Å². The highest BCUT2D eigenvalue weighted by molar-refractivity contribution is 5.97. The van der Waals surface area contributed by atoms with E-state index in [0.29, 0.717) is 18.5 Å². The first-order valence-electron chi connectivity index (χ1n) is 5.76. The number of carbonyl (C=O) groups excluding carboxylic acids is 2. The molecule has 1 atom stereocenters. The van der Waals surface area contributed by atoms with Gasteiger partial charge in [0.15, 0.2) is 0 Å². The van der Waals surface area contributed by atoms with Crippen molar-refractivity contribution < 1.29 is 9.59 Å². The smallest absolute Gasteiger partial charge is 0.254 e. The molecule has 2 N–H and O–H groups in total. The van der Waals surface area contributed by atoms with Gasteiger partial charge >= 0.3 is 0 Å². The molecule has 17 heavy (non-hydrogen) atoms. The summed E-state index contributed by atoms with van der Waals surface area (Å²) in [5, 5.41) is 0. The summed E-state index contributed by atoms with van der Waals surface area (Å²) in [5.74, 6) is -0.519. The van der Waals surface area contributed by atoms with Crippen molar-refractivity contribution in [3.05, 3.63) is 35.4 Å². The van der Waals surface area contributed by atoms with Gasteiger partial charge in [0, 0.05) is 12.1 Å². The van der Waals surface area contributed by atoms with E-state index in [1.54, 1.807) is 17.0 Å². The summed E-state index contributed by atoms with van der Waals surface area (Å²) in [7, 11) is 0. The van der Waals surface area contributed by atoms with Crippen molar-refractivity contribution in [2.75, 3.05) is 6.54 Å². The Morgan fingerprint density at radius 3 is 2.53 bits per heavy atom. The van der Waals surface area contributed by atoms with Crippen LogP contribution < -0.4 is 5.73 Å². The molecular weight excluding hydrogens is 216 g/mol. The molecule has 2 amide bonds. The summed E-state index contributed by atoms with van der Waals surface area (Å²) < 4.78 is 0. The minimum Gasteiger partial charge on any atom is -0.368 e. The third-order valence-corrected chi connectivity index (χ3v) is 3.14. The van der Waals surface area contributed by atoms with E-state index in [4.69, 9.17) is 5.73 Å². The Bertz CT molecular complexity index is 439. The minimum atomic E-state index is -0.441. The summed E-state index contributed by atoms with van der Waals surface area (Å²) >= 11 is 0. The van der Waals surface area contributed by atoms with E-state index in [1.807, 2.05) is 19.1 Å². The summed E-state index contributed by atoms with van der Waals surface area (Å²) in [4.78, 5) is 25.0. The lowest BCUT2D eigenvalue weighted by molar-refractivity contribution is -0.121. The maximum atomic E-state index is 12.2. The number of primary amides is 1. The fourth-order valence-electron chi connectivity index (χ4n) is 2.17. The SMILES string of the molecule is Cc1ccc(C(=O)N2CCC[C@@H]2C(N)=O)cc1. The topological polar surface area (TPSA) is 63.4 Å². The van der Waals surface area contributed by atoms with Crippen molar-refractivity contribution in [1.29, 1.82) is 0 Å². The maximum absolute atomic E-state index is 12.2. The molecule has 1 aliphatic heterocycles. The van der Waals surface area contributed by atoms with Gasteiger partial charge in [0.1, 0.15) is 6.04 Å². The van der Waals surface area contributed by atoms with E-state index >= 15 is 0 Å². The molecule has 1 saturated heterocycles. The van der Waals surface area contributed by atoms with E-state index in [-0.39, 0.29) is 5.91 Å². The second-order valence-corrected chi connectivity index (χ2v) is 4.42. The zero-order valence-corrected chi connectivity index (χ0v) is 9.85. The second kappa shape index (κ2) is 4.57. The molecule has 0 aromatic heterocycles. The molecule has 90 valence electrons. The van der Waals surface area contributed by atoms with E-state index in [1.165, 1.54) is 0 Å². The van der Waals surface area contributed by atoms with Crippen molar-refractivity contribution >= 4 is 11.8 Å². The van der Waals surface area contributed by atoms with Crippen LogP contribution in [0, 0.1) is 6.92 Å². The van der Waals surface area contributed by atoms with Crippen LogP contribution in [-0.4, -0.2) is 29.3 Å². The Morgan fingerprint density at radius 2 is 1.94 bits per heavy atom. The summed E-state index contributed by atoms with van der Waals surface area (Å²) in [6.07, 6.45) is 1.51. The first-order valence-corrected chi connectivity index (χ1v) is 5.76. The van der Waals surface area contributed by atoms with Crippen molar-refractivity contribution in [2.45, 2.75) is 25.8 Å². The van der Waals surface area contributed by atoms with Gasteiger partial charge in [-0.1, -0.05) is 17.7 Å². The number of aryl methyl sites for hydroxylation is 1. The standard InChI is InChI=1S/C13H16N2O2/c1-9-4-6-10(7-5-9)13(17)15-8-2-3-11(15)12(14)16/h4-7,11H,2-3,8H2,1H3,(H2,14,16)/t11-/m1/s1. The number of likely N-dealkylation sites (tertiary alicyclic amines) is 1. The highest BCUT2D eigenvalue weighted by atomic mass is 16.2. The predicted molar refractivity (Wildman–Crippen MR) is 64.4 cm³/mol. The molecule has 2 rings (SSSR count). The third-order valence-electron chi connectivity index (χ3n) is 3.14. The average molecular weight is 232 g/mol. The van der Waals surface area contributed by atoms with Crippen LogP contribution in [0.5, 0.6) is 0 Å². The van der Waals surface area contributed by atoms with Crippen LogP contribution in [-0.2, 0) is 4.79 Å². The fourth-order valence-corrected chi connectivity index (χ4v) is 2.17. The highest BCUT2D eigenvalue weighted by Gasteiger charge is 2.32. The number of hydrogen-bond donors (Lipinski definition) is 1. The van der Waals surface area contributed by atoms with Gasteiger partial charge in [0.2, 0.25) is 5.91 Å². The Labute approximate surface area is 100 Å². The van der Waals surface area contributed by atoms with Crippen LogP contribution >= 0.6 is 0 Å². The van der Waals surface area contributed by atoms with Gasteiger partial charge in [-0.25, -0.2) is 0 Å². The van der Waals surface area contributed by atoms with Crippen LogP contribution in [0.25, 0.3) is 0 Å². The third kappa shape index (κ3) is 2.30. The Hall–Kier alpha value is -1.84. The molecule has 0 radical (unpaired) electrons. The molecule has 0 saturated carbocycles. The van der Waals surface area contributed by atoms with Crippen LogP contribution in [0.1, 0.15) is 28.8 Å². The Balaban J connectivity index is 2.19. The number of nitrogens with zero attached hydrogens (tertiary/aromatic N) is 1. The number of nitrogens with two attached hydrogens (primary N) is 1. The number of amides is 2. The summed E-state index contributed by atoms with van der Waals surface area (Å²) in [5.41, 5.74) is 7.02. The van der Waals surface area contributed by atoms with Crippen molar-refractivity contribution in [2.24, 2.45) is 5.73 Å². The van der Waals surface area contributed by atoms with Gasteiger partial charge in [-0.05, 0) is 31.9 Å². The molecule has 1 fully saturated rings. The number of rotatable bonds is 2. The first kappa shape index (κ1) is 11.6. The normalized spacial score (nSPS) is 19.4. The van der Waals surface area contributed by atoms with Gasteiger partial charge in [-0.3, -0.25) is 9.59 Å². The Morgan fingerprint density at radius 1 is 1.29 bits per heavy atom. The molecule has 0 spiro atoms. The lowest BCUT2D eigenvalue weighted by Gasteiger charge is -2.22. The zero-order chi connectivity index (χ0) is 12.4. The number of benzene rings is 1. The van der Waals surface area contributed by atoms with Gasteiger partial charge in [-0.15, -0.1) is 0 Å². The molecule has 0 aliphatic carbocycles. The van der Waals surface area contributed by atoms with Crippen molar-refractivity contribution in [3.63, 3.8) is 0 Å². The van der Waals surface area contributed by atoms with Gasteiger partial charge < -0.3 is 10.6 Å². The highest BCUT2D eigenvalue weighted by Crippen LogP contribution is 2.20. The molecule has 1 aromatic rings. The molecule has 1 heterocycles. The summed E-state index contributed by atoms with van der Waals surface area (Å²) in [6, 6.07) is 6.91. The van der Waals surface area contributed by atoms with Gasteiger partial charge in [-0.2, -0.15) is 0 Å². The second-order valence-electron chi connectivity index (χ2n) is 4.42. The Kier molecular flexibility index (Phi) is 3.13. The van der Waals surface area contributed by atoms with Crippen LogP contribution in [0.15, 0.2) is 24.3 Å². The summed E-state index contributed by atoms with van der Waals surface area (Å²) in [6.45, 7) is 2.58. The maximum Gasteiger partial charge on any atom is 0.254 e. The predicted octanol–water partition coefficient (Wildman–Crippen LogP) is 1.08. The van der Waals surface area contributed by atoms with E-state index in [2.05, 4.69) is 0 Å². The largest absolute Gasteiger partial charge is 0.368 e. The monoisotopic (exact) mass is 232 g/mol. The average Bonchev–Trinajstić information content (AvgIpc) is 2.78. The number of carbonyl (C=O) groups is 2. The minimum absolute atomic E-state index is 0.105.